The van der Waals surface area contributed by atoms with Crippen LogP contribution in [0.2, 0.25) is 0 Å². The normalized spacial score (nSPS) is 11.8. The van der Waals surface area contributed by atoms with E-state index in [1.807, 2.05) is 13.8 Å². The summed E-state index contributed by atoms with van der Waals surface area (Å²) in [5.74, 6) is -1.48. The van der Waals surface area contributed by atoms with Crippen LogP contribution in [0.3, 0.4) is 0 Å². The van der Waals surface area contributed by atoms with Gasteiger partial charge in [-0.1, -0.05) is 26.0 Å². The fourth-order valence-electron chi connectivity index (χ4n) is 2.17. The number of amides is 1. The molecule has 1 aromatic carbocycles. The van der Waals surface area contributed by atoms with E-state index in [1.54, 1.807) is 19.2 Å². The Bertz CT molecular complexity index is 588. The molecule has 0 aliphatic heterocycles. The smallest absolute Gasteiger partial charge is 0.326 e. The van der Waals surface area contributed by atoms with E-state index in [-0.39, 0.29) is 18.2 Å². The molecule has 0 bridgehead atoms. The molecule has 1 aromatic rings. The number of carboxylic acid groups (broad SMARTS) is 1. The van der Waals surface area contributed by atoms with Gasteiger partial charge in [-0.15, -0.1) is 0 Å². The number of aliphatic carboxylic acids is 1. The number of para-hydroxylation sites is 2. The maximum absolute atomic E-state index is 12.0. The van der Waals surface area contributed by atoms with Crippen molar-refractivity contribution in [1.82, 2.24) is 5.32 Å². The third-order valence-corrected chi connectivity index (χ3v) is 3.21. The fraction of sp³-hybridized carbons (Fsp3) is 0.467. The Balaban J connectivity index is 2.77. The molecule has 0 spiro atoms. The van der Waals surface area contributed by atoms with Crippen LogP contribution in [0.1, 0.15) is 20.3 Å². The highest BCUT2D eigenvalue weighted by Crippen LogP contribution is 2.26. The lowest BCUT2D eigenvalue weighted by molar-refractivity contribution is -0.384. The van der Waals surface area contributed by atoms with Crippen LogP contribution in [0.15, 0.2) is 24.3 Å². The number of carbonyl (C=O) groups is 2. The summed E-state index contributed by atoms with van der Waals surface area (Å²) < 4.78 is 0. The Morgan fingerprint density at radius 2 is 1.96 bits per heavy atom. The second-order valence-corrected chi connectivity index (χ2v) is 5.69. The summed E-state index contributed by atoms with van der Waals surface area (Å²) in [4.78, 5) is 35.1. The number of likely N-dealkylation sites (N-methyl/N-ethyl adjacent to an activating group) is 1. The average Bonchev–Trinajstić information content (AvgIpc) is 2.45. The number of benzene rings is 1. The van der Waals surface area contributed by atoms with Crippen molar-refractivity contribution in [3.8, 4) is 0 Å². The SMILES string of the molecule is CC(C)CC(NC(=O)CN(C)c1ccccc1[N+](=O)[O-])C(=O)O. The lowest BCUT2D eigenvalue weighted by Gasteiger charge is -2.21. The molecule has 0 saturated carbocycles. The number of rotatable bonds is 8. The van der Waals surface area contributed by atoms with Gasteiger partial charge in [-0.25, -0.2) is 4.79 Å². The molecule has 2 N–H and O–H groups in total. The van der Waals surface area contributed by atoms with Gasteiger partial charge in [-0.05, 0) is 18.4 Å². The number of nitrogens with one attached hydrogen (secondary N) is 1. The van der Waals surface area contributed by atoms with Gasteiger partial charge in [-0.3, -0.25) is 14.9 Å². The number of nitro groups is 1. The van der Waals surface area contributed by atoms with Gasteiger partial charge in [0.15, 0.2) is 0 Å². The van der Waals surface area contributed by atoms with Gasteiger partial charge in [-0.2, -0.15) is 0 Å². The number of anilines is 1. The molecule has 8 heteroatoms. The highest BCUT2D eigenvalue weighted by atomic mass is 16.6. The molecule has 8 nitrogen and oxygen atoms in total. The lowest BCUT2D eigenvalue weighted by Crippen LogP contribution is -2.45. The van der Waals surface area contributed by atoms with E-state index in [1.165, 1.54) is 17.0 Å². The van der Waals surface area contributed by atoms with Gasteiger partial charge < -0.3 is 15.3 Å². The Morgan fingerprint density at radius 1 is 1.35 bits per heavy atom. The van der Waals surface area contributed by atoms with Crippen molar-refractivity contribution < 1.29 is 19.6 Å². The molecule has 0 fully saturated rings. The highest BCUT2D eigenvalue weighted by Gasteiger charge is 2.23. The molecule has 1 amide bonds. The molecule has 0 aromatic heterocycles. The Labute approximate surface area is 134 Å². The van der Waals surface area contributed by atoms with Crippen molar-refractivity contribution >= 4 is 23.3 Å². The van der Waals surface area contributed by atoms with Crippen molar-refractivity contribution in [2.45, 2.75) is 26.3 Å². The van der Waals surface area contributed by atoms with E-state index >= 15 is 0 Å². The first kappa shape index (κ1) is 18.4. The first-order chi connectivity index (χ1) is 10.7. The standard InChI is InChI=1S/C15H21N3O5/c1-10(2)8-11(15(20)21)16-14(19)9-17(3)12-6-4-5-7-13(12)18(22)23/h4-7,10-11H,8-9H2,1-3H3,(H,16,19)(H,20,21). The molecular weight excluding hydrogens is 302 g/mol. The number of carboxylic acids is 1. The molecule has 1 unspecified atom stereocenters. The maximum atomic E-state index is 12.0. The van der Waals surface area contributed by atoms with Gasteiger partial charge in [0.05, 0.1) is 11.5 Å². The van der Waals surface area contributed by atoms with Crippen LogP contribution in [-0.2, 0) is 9.59 Å². The fourth-order valence-corrected chi connectivity index (χ4v) is 2.17. The van der Waals surface area contributed by atoms with E-state index in [0.717, 1.165) is 0 Å². The molecule has 0 radical (unpaired) electrons. The van der Waals surface area contributed by atoms with Crippen molar-refractivity contribution in [3.05, 3.63) is 34.4 Å². The van der Waals surface area contributed by atoms with E-state index in [0.29, 0.717) is 12.1 Å². The van der Waals surface area contributed by atoms with Crippen LogP contribution < -0.4 is 10.2 Å². The number of nitrogens with zero attached hydrogens (tertiary/aromatic N) is 2. The first-order valence-corrected chi connectivity index (χ1v) is 7.19. The minimum Gasteiger partial charge on any atom is -0.480 e. The average molecular weight is 323 g/mol. The monoisotopic (exact) mass is 323 g/mol. The summed E-state index contributed by atoms with van der Waals surface area (Å²) in [6.07, 6.45) is 0.316. The summed E-state index contributed by atoms with van der Waals surface area (Å²) in [5.41, 5.74) is 0.183. The van der Waals surface area contributed by atoms with Crippen molar-refractivity contribution in [1.29, 1.82) is 0 Å². The maximum Gasteiger partial charge on any atom is 0.326 e. The summed E-state index contributed by atoms with van der Waals surface area (Å²) in [5, 5.41) is 22.6. The van der Waals surface area contributed by atoms with E-state index in [4.69, 9.17) is 5.11 Å². The van der Waals surface area contributed by atoms with Gasteiger partial charge in [0.2, 0.25) is 5.91 Å². The molecule has 23 heavy (non-hydrogen) atoms. The Morgan fingerprint density at radius 3 is 2.48 bits per heavy atom. The van der Waals surface area contributed by atoms with Crippen molar-refractivity contribution in [2.75, 3.05) is 18.5 Å². The highest BCUT2D eigenvalue weighted by molar-refractivity contribution is 5.87. The molecule has 126 valence electrons. The second-order valence-electron chi connectivity index (χ2n) is 5.69. The number of carbonyl (C=O) groups excluding carboxylic acids is 1. The second kappa shape index (κ2) is 8.11. The lowest BCUT2D eigenvalue weighted by atomic mass is 10.0. The molecule has 0 aliphatic carbocycles. The number of nitro benzene ring substituents is 1. The third-order valence-electron chi connectivity index (χ3n) is 3.21. The molecule has 1 atom stereocenters. The van der Waals surface area contributed by atoms with E-state index < -0.39 is 22.8 Å². The van der Waals surface area contributed by atoms with Gasteiger partial charge in [0, 0.05) is 13.1 Å². The van der Waals surface area contributed by atoms with Crippen LogP contribution in [-0.4, -0.2) is 41.5 Å². The van der Waals surface area contributed by atoms with Crippen LogP contribution in [0.5, 0.6) is 0 Å². The quantitative estimate of drug-likeness (QED) is 0.555. The van der Waals surface area contributed by atoms with E-state index in [2.05, 4.69) is 5.32 Å². The van der Waals surface area contributed by atoms with Gasteiger partial charge in [0.1, 0.15) is 11.7 Å². The Hall–Kier alpha value is -2.64. The van der Waals surface area contributed by atoms with E-state index in [9.17, 15) is 19.7 Å². The van der Waals surface area contributed by atoms with Gasteiger partial charge >= 0.3 is 5.97 Å². The van der Waals surface area contributed by atoms with Crippen LogP contribution >= 0.6 is 0 Å². The largest absolute Gasteiger partial charge is 0.480 e. The first-order valence-electron chi connectivity index (χ1n) is 7.19. The summed E-state index contributed by atoms with van der Waals surface area (Å²) >= 11 is 0. The molecule has 1 rings (SSSR count). The Kier molecular flexibility index (Phi) is 6.49. The summed E-state index contributed by atoms with van der Waals surface area (Å²) in [6.45, 7) is 3.55. The van der Waals surface area contributed by atoms with Crippen molar-refractivity contribution in [3.63, 3.8) is 0 Å². The minimum atomic E-state index is -1.10. The van der Waals surface area contributed by atoms with Crippen LogP contribution in [0.25, 0.3) is 0 Å². The molecule has 0 aliphatic rings. The zero-order valence-electron chi connectivity index (χ0n) is 13.4. The van der Waals surface area contributed by atoms with Crippen LogP contribution in [0.4, 0.5) is 11.4 Å². The predicted octanol–water partition coefficient (Wildman–Crippen LogP) is 1.65. The topological polar surface area (TPSA) is 113 Å². The summed E-state index contributed by atoms with van der Waals surface area (Å²) in [6, 6.07) is 5.09. The van der Waals surface area contributed by atoms with Crippen LogP contribution in [0, 0.1) is 16.0 Å². The number of hydrogen-bond acceptors (Lipinski definition) is 5. The zero-order valence-corrected chi connectivity index (χ0v) is 13.4. The molecule has 0 heterocycles. The number of hydrogen-bond donors (Lipinski definition) is 2. The van der Waals surface area contributed by atoms with Gasteiger partial charge in [0.25, 0.3) is 5.69 Å². The predicted molar refractivity (Wildman–Crippen MR) is 85.4 cm³/mol. The van der Waals surface area contributed by atoms with Crippen molar-refractivity contribution in [2.24, 2.45) is 5.92 Å². The zero-order chi connectivity index (χ0) is 17.6. The summed E-state index contributed by atoms with van der Waals surface area (Å²) in [7, 11) is 1.54. The third kappa shape index (κ3) is 5.57. The molecule has 0 saturated heterocycles. The minimum absolute atomic E-state index is 0.111. The molecular formula is C15H21N3O5.